The van der Waals surface area contributed by atoms with Crippen LogP contribution in [0.3, 0.4) is 0 Å². The summed E-state index contributed by atoms with van der Waals surface area (Å²) < 4.78 is 12.7. The fourth-order valence-electron chi connectivity index (χ4n) is 1.58. The largest absolute Gasteiger partial charge is 0.480 e. The lowest BCUT2D eigenvalue weighted by Crippen LogP contribution is -2.48. The van der Waals surface area contributed by atoms with E-state index >= 15 is 0 Å². The molecule has 0 heterocycles. The fourth-order valence-corrected chi connectivity index (χ4v) is 1.58. The van der Waals surface area contributed by atoms with Crippen LogP contribution in [0.25, 0.3) is 6.08 Å². The van der Waals surface area contributed by atoms with Crippen LogP contribution >= 0.6 is 0 Å². The van der Waals surface area contributed by atoms with Crippen molar-refractivity contribution in [2.45, 2.75) is 26.8 Å². The van der Waals surface area contributed by atoms with Gasteiger partial charge in [0.2, 0.25) is 5.91 Å². The Balaban J connectivity index is 2.71. The van der Waals surface area contributed by atoms with Gasteiger partial charge in [-0.2, -0.15) is 0 Å². The minimum absolute atomic E-state index is 0.356. The summed E-state index contributed by atoms with van der Waals surface area (Å²) >= 11 is 0. The topological polar surface area (TPSA) is 66.4 Å². The van der Waals surface area contributed by atoms with Crippen molar-refractivity contribution in [3.05, 3.63) is 41.7 Å². The molecule has 0 fully saturated rings. The Hall–Kier alpha value is -2.17. The molecule has 0 aliphatic rings. The third-order valence-corrected chi connectivity index (χ3v) is 2.70. The van der Waals surface area contributed by atoms with Gasteiger partial charge in [0, 0.05) is 6.08 Å². The SMILES string of the molecule is CC(C)(C)[C@@H](NC(=O)/C=C/c1ccc(F)cc1)C(=O)O. The Kier molecular flexibility index (Phi) is 5.02. The smallest absolute Gasteiger partial charge is 0.326 e. The maximum Gasteiger partial charge on any atom is 0.326 e. The van der Waals surface area contributed by atoms with Crippen LogP contribution in [0.1, 0.15) is 26.3 Å². The van der Waals surface area contributed by atoms with Gasteiger partial charge in [0.1, 0.15) is 11.9 Å². The Morgan fingerprint density at radius 2 is 1.80 bits per heavy atom. The number of amides is 1. The highest BCUT2D eigenvalue weighted by Gasteiger charge is 2.31. The second-order valence-corrected chi connectivity index (χ2v) is 5.53. The number of carboxylic acid groups (broad SMARTS) is 1. The van der Waals surface area contributed by atoms with Crippen LogP contribution < -0.4 is 5.32 Å². The average molecular weight is 279 g/mol. The van der Waals surface area contributed by atoms with Crippen molar-refractivity contribution < 1.29 is 19.1 Å². The predicted octanol–water partition coefficient (Wildman–Crippen LogP) is 2.45. The predicted molar refractivity (Wildman–Crippen MR) is 74.5 cm³/mol. The van der Waals surface area contributed by atoms with E-state index in [9.17, 15) is 14.0 Å². The number of halogens is 1. The molecule has 4 nitrogen and oxygen atoms in total. The molecule has 0 aromatic heterocycles. The number of nitrogens with one attached hydrogen (secondary N) is 1. The zero-order valence-corrected chi connectivity index (χ0v) is 11.7. The number of hydrogen-bond acceptors (Lipinski definition) is 2. The molecule has 20 heavy (non-hydrogen) atoms. The van der Waals surface area contributed by atoms with Crippen LogP contribution in [0, 0.1) is 11.2 Å². The van der Waals surface area contributed by atoms with E-state index < -0.39 is 23.3 Å². The van der Waals surface area contributed by atoms with Crippen LogP contribution in [0.5, 0.6) is 0 Å². The molecular weight excluding hydrogens is 261 g/mol. The third kappa shape index (κ3) is 4.84. The zero-order valence-electron chi connectivity index (χ0n) is 11.7. The van der Waals surface area contributed by atoms with Crippen molar-refractivity contribution in [1.82, 2.24) is 5.32 Å². The molecular formula is C15H18FNO3. The van der Waals surface area contributed by atoms with E-state index in [0.717, 1.165) is 0 Å². The van der Waals surface area contributed by atoms with Crippen LogP contribution in [0.2, 0.25) is 0 Å². The number of carboxylic acids is 1. The van der Waals surface area contributed by atoms with Crippen LogP contribution in [-0.2, 0) is 9.59 Å². The van der Waals surface area contributed by atoms with Gasteiger partial charge >= 0.3 is 5.97 Å². The quantitative estimate of drug-likeness (QED) is 0.832. The first-order valence-electron chi connectivity index (χ1n) is 6.17. The van der Waals surface area contributed by atoms with Crippen molar-refractivity contribution >= 4 is 18.0 Å². The van der Waals surface area contributed by atoms with Crippen molar-refractivity contribution in [2.24, 2.45) is 5.41 Å². The molecule has 2 N–H and O–H groups in total. The third-order valence-electron chi connectivity index (χ3n) is 2.70. The second kappa shape index (κ2) is 6.32. The van der Waals surface area contributed by atoms with Gasteiger partial charge in [0.05, 0.1) is 0 Å². The minimum Gasteiger partial charge on any atom is -0.480 e. The van der Waals surface area contributed by atoms with E-state index in [4.69, 9.17) is 5.11 Å². The molecule has 1 atom stereocenters. The monoisotopic (exact) mass is 279 g/mol. The lowest BCUT2D eigenvalue weighted by Gasteiger charge is -2.27. The van der Waals surface area contributed by atoms with Gasteiger partial charge in [-0.15, -0.1) is 0 Å². The van der Waals surface area contributed by atoms with Crippen LogP contribution in [0.4, 0.5) is 4.39 Å². The van der Waals surface area contributed by atoms with Gasteiger partial charge in [-0.05, 0) is 29.2 Å². The number of carbonyl (C=O) groups is 2. The first-order chi connectivity index (χ1) is 9.20. The molecule has 1 aromatic carbocycles. The number of rotatable bonds is 4. The molecule has 0 aliphatic carbocycles. The van der Waals surface area contributed by atoms with Crippen LogP contribution in [-0.4, -0.2) is 23.0 Å². The van der Waals surface area contributed by atoms with Crippen LogP contribution in [0.15, 0.2) is 30.3 Å². The van der Waals surface area contributed by atoms with E-state index in [1.165, 1.54) is 36.4 Å². The van der Waals surface area contributed by atoms with Gasteiger partial charge in [0.15, 0.2) is 0 Å². The van der Waals surface area contributed by atoms with Crippen molar-refractivity contribution in [3.63, 3.8) is 0 Å². The Morgan fingerprint density at radius 3 is 2.25 bits per heavy atom. The molecule has 0 unspecified atom stereocenters. The lowest BCUT2D eigenvalue weighted by atomic mass is 9.87. The maximum atomic E-state index is 12.7. The standard InChI is InChI=1S/C15H18FNO3/c1-15(2,3)13(14(19)20)17-12(18)9-6-10-4-7-11(16)8-5-10/h4-9,13H,1-3H3,(H,17,18)(H,19,20)/b9-6+/t13-/m0/s1. The minimum atomic E-state index is -1.08. The summed E-state index contributed by atoms with van der Waals surface area (Å²) in [6, 6.07) is 4.64. The highest BCUT2D eigenvalue weighted by molar-refractivity contribution is 5.94. The molecule has 0 spiro atoms. The van der Waals surface area contributed by atoms with Gasteiger partial charge in [-0.1, -0.05) is 32.9 Å². The molecule has 0 radical (unpaired) electrons. The molecule has 5 heteroatoms. The molecule has 0 saturated carbocycles. The molecule has 1 amide bonds. The number of aliphatic carboxylic acids is 1. The number of carbonyl (C=O) groups excluding carboxylic acids is 1. The van der Waals surface area contributed by atoms with Crippen molar-refractivity contribution in [2.75, 3.05) is 0 Å². The molecule has 108 valence electrons. The average Bonchev–Trinajstić information content (AvgIpc) is 2.33. The van der Waals surface area contributed by atoms with Gasteiger partial charge in [-0.25, -0.2) is 9.18 Å². The van der Waals surface area contributed by atoms with Crippen molar-refractivity contribution in [3.8, 4) is 0 Å². The van der Waals surface area contributed by atoms with E-state index in [2.05, 4.69) is 5.32 Å². The first kappa shape index (κ1) is 15.9. The number of benzene rings is 1. The zero-order chi connectivity index (χ0) is 15.3. The van der Waals surface area contributed by atoms with Crippen molar-refractivity contribution in [1.29, 1.82) is 0 Å². The maximum absolute atomic E-state index is 12.7. The second-order valence-electron chi connectivity index (χ2n) is 5.53. The highest BCUT2D eigenvalue weighted by Crippen LogP contribution is 2.19. The van der Waals surface area contributed by atoms with E-state index in [-0.39, 0.29) is 5.82 Å². The van der Waals surface area contributed by atoms with Gasteiger partial charge in [-0.3, -0.25) is 4.79 Å². The molecule has 0 saturated heterocycles. The molecule has 1 aromatic rings. The summed E-state index contributed by atoms with van der Waals surface area (Å²) in [5.41, 5.74) is 0.0646. The summed E-state index contributed by atoms with van der Waals surface area (Å²) in [7, 11) is 0. The van der Waals surface area contributed by atoms with Gasteiger partial charge < -0.3 is 10.4 Å². The molecule has 1 rings (SSSR count). The summed E-state index contributed by atoms with van der Waals surface area (Å²) in [5.74, 6) is -1.94. The summed E-state index contributed by atoms with van der Waals surface area (Å²) in [5, 5.41) is 11.5. The van der Waals surface area contributed by atoms with Gasteiger partial charge in [0.25, 0.3) is 0 Å². The highest BCUT2D eigenvalue weighted by atomic mass is 19.1. The Morgan fingerprint density at radius 1 is 1.25 bits per heavy atom. The first-order valence-corrected chi connectivity index (χ1v) is 6.17. The van der Waals surface area contributed by atoms with E-state index in [0.29, 0.717) is 5.56 Å². The summed E-state index contributed by atoms with van der Waals surface area (Å²) in [6.45, 7) is 5.20. The normalized spacial score (nSPS) is 13.2. The van der Waals surface area contributed by atoms with E-state index in [1.807, 2.05) is 0 Å². The summed E-state index contributed by atoms with van der Waals surface area (Å²) in [4.78, 5) is 22.8. The number of hydrogen-bond donors (Lipinski definition) is 2. The molecule has 0 aliphatic heterocycles. The lowest BCUT2D eigenvalue weighted by molar-refractivity contribution is -0.144. The Bertz CT molecular complexity index is 515. The van der Waals surface area contributed by atoms with E-state index in [1.54, 1.807) is 20.8 Å². The Labute approximate surface area is 117 Å². The molecule has 0 bridgehead atoms. The summed E-state index contributed by atoms with van der Waals surface area (Å²) in [6.07, 6.45) is 2.73. The fraction of sp³-hybridized carbons (Fsp3) is 0.333.